The first-order chi connectivity index (χ1) is 13.3. The zero-order valence-corrected chi connectivity index (χ0v) is 15.1. The highest BCUT2D eigenvalue weighted by atomic mass is 16.1. The molecule has 0 unspecified atom stereocenters. The molecule has 3 aromatic rings. The number of carbonyl (C=O) groups is 1. The minimum Gasteiger partial charge on any atom is -0.326 e. The number of nitrogens with one attached hydrogen (secondary N) is 2. The Balaban J connectivity index is 1.35. The number of hydrogen-bond donors (Lipinski definition) is 2. The summed E-state index contributed by atoms with van der Waals surface area (Å²) in [5, 5.41) is 9.97. The van der Waals surface area contributed by atoms with E-state index in [1.54, 1.807) is 12.4 Å². The molecule has 0 radical (unpaired) electrons. The van der Waals surface area contributed by atoms with Crippen LogP contribution in [0.15, 0.2) is 61.1 Å². The van der Waals surface area contributed by atoms with Crippen LogP contribution in [0.2, 0.25) is 0 Å². The van der Waals surface area contributed by atoms with E-state index in [9.17, 15) is 4.79 Å². The minimum absolute atomic E-state index is 0.0164. The fourth-order valence-corrected chi connectivity index (χ4v) is 3.56. The number of aromatic nitrogens is 3. The molecule has 0 saturated carbocycles. The number of nitrogens with zero attached hydrogens (tertiary/aromatic N) is 3. The van der Waals surface area contributed by atoms with Crippen molar-refractivity contribution in [3.63, 3.8) is 0 Å². The Morgan fingerprint density at radius 2 is 2.07 bits per heavy atom. The molecule has 1 fully saturated rings. The summed E-state index contributed by atoms with van der Waals surface area (Å²) in [6.45, 7) is 2.65. The van der Waals surface area contributed by atoms with E-state index >= 15 is 0 Å². The molecule has 0 spiro atoms. The SMILES string of the molecule is O=C(Nc1ccc(-c2ccn[nH]2)cc1)[C@H]1CCCN(Cc2cccnc2)C1. The van der Waals surface area contributed by atoms with Gasteiger partial charge >= 0.3 is 0 Å². The standard InChI is InChI=1S/C21H23N5O/c27-21(24-19-7-5-17(6-8-19)20-9-11-23-25-20)18-4-2-12-26(15-18)14-16-3-1-10-22-13-16/h1,3,5-11,13,18H,2,4,12,14-15H2,(H,23,25)(H,24,27)/t18-/m0/s1. The lowest BCUT2D eigenvalue weighted by Gasteiger charge is -2.31. The summed E-state index contributed by atoms with van der Waals surface area (Å²) in [6.07, 6.45) is 7.38. The van der Waals surface area contributed by atoms with Gasteiger partial charge in [0.25, 0.3) is 0 Å². The maximum absolute atomic E-state index is 12.7. The Hall–Kier alpha value is -2.99. The Morgan fingerprint density at radius 3 is 2.81 bits per heavy atom. The number of piperidine rings is 1. The molecule has 0 bridgehead atoms. The van der Waals surface area contributed by atoms with E-state index in [0.29, 0.717) is 0 Å². The summed E-state index contributed by atoms with van der Waals surface area (Å²) in [5.74, 6) is 0.114. The molecule has 3 heterocycles. The van der Waals surface area contributed by atoms with Gasteiger partial charge in [-0.05, 0) is 54.8 Å². The van der Waals surface area contributed by atoms with Crippen molar-refractivity contribution in [1.82, 2.24) is 20.1 Å². The predicted molar refractivity (Wildman–Crippen MR) is 105 cm³/mol. The van der Waals surface area contributed by atoms with Gasteiger partial charge in [-0.15, -0.1) is 0 Å². The Labute approximate surface area is 158 Å². The van der Waals surface area contributed by atoms with Gasteiger partial charge in [0.2, 0.25) is 5.91 Å². The molecular weight excluding hydrogens is 338 g/mol. The minimum atomic E-state index is 0.0164. The summed E-state index contributed by atoms with van der Waals surface area (Å²) < 4.78 is 0. The molecule has 2 N–H and O–H groups in total. The Bertz CT molecular complexity index is 861. The zero-order chi connectivity index (χ0) is 18.5. The lowest BCUT2D eigenvalue weighted by atomic mass is 9.96. The molecule has 6 nitrogen and oxygen atoms in total. The number of benzene rings is 1. The Kier molecular flexibility index (Phi) is 5.25. The number of aromatic amines is 1. The molecule has 1 aromatic carbocycles. The second-order valence-corrected chi connectivity index (χ2v) is 6.97. The monoisotopic (exact) mass is 361 g/mol. The van der Waals surface area contributed by atoms with Crippen molar-refractivity contribution < 1.29 is 4.79 Å². The highest BCUT2D eigenvalue weighted by Gasteiger charge is 2.25. The van der Waals surface area contributed by atoms with E-state index < -0.39 is 0 Å². The van der Waals surface area contributed by atoms with Crippen molar-refractivity contribution in [3.8, 4) is 11.3 Å². The van der Waals surface area contributed by atoms with Gasteiger partial charge in [-0.2, -0.15) is 5.10 Å². The van der Waals surface area contributed by atoms with Gasteiger partial charge in [-0.3, -0.25) is 19.8 Å². The summed E-state index contributed by atoms with van der Waals surface area (Å²) in [6, 6.07) is 13.8. The van der Waals surface area contributed by atoms with Crippen LogP contribution in [0.3, 0.4) is 0 Å². The third-order valence-electron chi connectivity index (χ3n) is 4.97. The molecule has 6 heteroatoms. The van der Waals surface area contributed by atoms with E-state index in [4.69, 9.17) is 0 Å². The average molecular weight is 361 g/mol. The third-order valence-corrected chi connectivity index (χ3v) is 4.97. The summed E-state index contributed by atoms with van der Waals surface area (Å²) in [4.78, 5) is 19.2. The van der Waals surface area contributed by atoms with Crippen LogP contribution in [-0.4, -0.2) is 39.1 Å². The van der Waals surface area contributed by atoms with Crippen molar-refractivity contribution in [2.24, 2.45) is 5.92 Å². The van der Waals surface area contributed by atoms with E-state index in [1.165, 1.54) is 5.56 Å². The van der Waals surface area contributed by atoms with E-state index in [2.05, 4.69) is 31.5 Å². The molecule has 1 aliphatic heterocycles. The van der Waals surface area contributed by atoms with Crippen LogP contribution >= 0.6 is 0 Å². The van der Waals surface area contributed by atoms with Gasteiger partial charge in [-0.25, -0.2) is 0 Å². The Morgan fingerprint density at radius 1 is 1.19 bits per heavy atom. The second-order valence-electron chi connectivity index (χ2n) is 6.97. The smallest absolute Gasteiger partial charge is 0.228 e. The van der Waals surface area contributed by atoms with Crippen LogP contribution < -0.4 is 5.32 Å². The van der Waals surface area contributed by atoms with Crippen molar-refractivity contribution in [2.75, 3.05) is 18.4 Å². The maximum atomic E-state index is 12.7. The number of likely N-dealkylation sites (tertiary alicyclic amines) is 1. The number of hydrogen-bond acceptors (Lipinski definition) is 4. The maximum Gasteiger partial charge on any atom is 0.228 e. The summed E-state index contributed by atoms with van der Waals surface area (Å²) in [5.41, 5.74) is 4.03. The molecule has 1 saturated heterocycles. The fourth-order valence-electron chi connectivity index (χ4n) is 3.56. The van der Waals surface area contributed by atoms with E-state index in [0.717, 1.165) is 49.4 Å². The average Bonchev–Trinajstić information content (AvgIpc) is 3.24. The van der Waals surface area contributed by atoms with Crippen LogP contribution in [0.4, 0.5) is 5.69 Å². The first-order valence-corrected chi connectivity index (χ1v) is 9.30. The number of amides is 1. The highest BCUT2D eigenvalue weighted by molar-refractivity contribution is 5.93. The van der Waals surface area contributed by atoms with Crippen molar-refractivity contribution in [1.29, 1.82) is 0 Å². The first kappa shape index (κ1) is 17.4. The highest BCUT2D eigenvalue weighted by Crippen LogP contribution is 2.22. The van der Waals surface area contributed by atoms with Gasteiger partial charge in [0.15, 0.2) is 0 Å². The molecule has 0 aliphatic carbocycles. The van der Waals surface area contributed by atoms with Gasteiger partial charge < -0.3 is 5.32 Å². The number of pyridine rings is 1. The first-order valence-electron chi connectivity index (χ1n) is 9.30. The van der Waals surface area contributed by atoms with Crippen LogP contribution in [0, 0.1) is 5.92 Å². The molecule has 1 atom stereocenters. The normalized spacial score (nSPS) is 17.6. The summed E-state index contributed by atoms with van der Waals surface area (Å²) in [7, 11) is 0. The molecule has 1 amide bonds. The van der Waals surface area contributed by atoms with E-state index in [1.807, 2.05) is 42.6 Å². The van der Waals surface area contributed by atoms with Crippen molar-refractivity contribution in [2.45, 2.75) is 19.4 Å². The topological polar surface area (TPSA) is 73.9 Å². The van der Waals surface area contributed by atoms with E-state index in [-0.39, 0.29) is 11.8 Å². The zero-order valence-electron chi connectivity index (χ0n) is 15.1. The second kappa shape index (κ2) is 8.14. The van der Waals surface area contributed by atoms with Crippen LogP contribution in [-0.2, 0) is 11.3 Å². The van der Waals surface area contributed by atoms with Gasteiger partial charge in [0, 0.05) is 37.4 Å². The quantitative estimate of drug-likeness (QED) is 0.731. The molecule has 1 aliphatic rings. The number of anilines is 1. The summed E-state index contributed by atoms with van der Waals surface area (Å²) >= 11 is 0. The molecule has 138 valence electrons. The molecule has 2 aromatic heterocycles. The van der Waals surface area contributed by atoms with Crippen LogP contribution in [0.5, 0.6) is 0 Å². The number of H-pyrrole nitrogens is 1. The third kappa shape index (κ3) is 4.41. The van der Waals surface area contributed by atoms with Gasteiger partial charge in [-0.1, -0.05) is 18.2 Å². The van der Waals surface area contributed by atoms with Crippen LogP contribution in [0.1, 0.15) is 18.4 Å². The molecule has 27 heavy (non-hydrogen) atoms. The van der Waals surface area contributed by atoms with Crippen LogP contribution in [0.25, 0.3) is 11.3 Å². The predicted octanol–water partition coefficient (Wildman–Crippen LogP) is 3.32. The lowest BCUT2D eigenvalue weighted by molar-refractivity contribution is -0.121. The fraction of sp³-hybridized carbons (Fsp3) is 0.286. The van der Waals surface area contributed by atoms with Crippen molar-refractivity contribution in [3.05, 3.63) is 66.6 Å². The van der Waals surface area contributed by atoms with Gasteiger partial charge in [0.05, 0.1) is 11.6 Å². The number of carbonyl (C=O) groups excluding carboxylic acids is 1. The van der Waals surface area contributed by atoms with Crippen molar-refractivity contribution >= 4 is 11.6 Å². The lowest BCUT2D eigenvalue weighted by Crippen LogP contribution is -2.40. The molecular formula is C21H23N5O. The largest absolute Gasteiger partial charge is 0.326 e. The molecule has 4 rings (SSSR count). The van der Waals surface area contributed by atoms with Gasteiger partial charge in [0.1, 0.15) is 0 Å². The number of rotatable bonds is 5.